The maximum absolute atomic E-state index is 13.1. The monoisotopic (exact) mass is 374 g/mol. The van der Waals surface area contributed by atoms with Gasteiger partial charge in [-0.05, 0) is 67.9 Å². The minimum atomic E-state index is -0.207. The molecular formula is C23H34O4. The van der Waals surface area contributed by atoms with E-state index in [9.17, 15) is 9.59 Å². The molecule has 0 amide bonds. The zero-order chi connectivity index (χ0) is 20.4. The molecule has 27 heavy (non-hydrogen) atoms. The van der Waals surface area contributed by atoms with E-state index in [0.717, 1.165) is 38.6 Å². The molecule has 1 N–H and O–H groups in total. The molecule has 0 aromatic heterocycles. The van der Waals surface area contributed by atoms with Gasteiger partial charge in [-0.25, -0.2) is 0 Å². The van der Waals surface area contributed by atoms with Gasteiger partial charge in [0.05, 0.1) is 0 Å². The predicted molar refractivity (Wildman–Crippen MR) is 106 cm³/mol. The Morgan fingerprint density at radius 1 is 1.22 bits per heavy atom. The molecule has 150 valence electrons. The average molecular weight is 375 g/mol. The number of fused-ring (bicyclic) bond motifs is 5. The fourth-order valence-electron chi connectivity index (χ4n) is 6.47. The van der Waals surface area contributed by atoms with Crippen LogP contribution < -0.4 is 0 Å². The molecule has 0 saturated heterocycles. The zero-order valence-corrected chi connectivity index (χ0v) is 17.3. The van der Waals surface area contributed by atoms with Crippen molar-refractivity contribution in [2.24, 2.45) is 34.5 Å². The van der Waals surface area contributed by atoms with Gasteiger partial charge in [-0.1, -0.05) is 32.4 Å². The lowest BCUT2D eigenvalue weighted by Gasteiger charge is -2.54. The molecule has 4 rings (SSSR count). The highest BCUT2D eigenvalue weighted by Crippen LogP contribution is 2.64. The van der Waals surface area contributed by atoms with Crippen LogP contribution in [0.5, 0.6) is 0 Å². The van der Waals surface area contributed by atoms with Crippen molar-refractivity contribution >= 4 is 17.9 Å². The van der Waals surface area contributed by atoms with Crippen LogP contribution in [0.2, 0.25) is 0 Å². The Kier molecular flexibility index (Phi) is 6.62. The first-order valence-electron chi connectivity index (χ1n) is 10.1. The Bertz CT molecular complexity index is 661. The van der Waals surface area contributed by atoms with Crippen molar-refractivity contribution in [3.05, 3.63) is 23.8 Å². The Morgan fingerprint density at radius 3 is 2.48 bits per heavy atom. The van der Waals surface area contributed by atoms with Crippen molar-refractivity contribution in [2.45, 2.75) is 59.8 Å². The Balaban J connectivity index is 0.000000478. The first-order chi connectivity index (χ1) is 12.7. The minimum Gasteiger partial charge on any atom is -0.400 e. The van der Waals surface area contributed by atoms with Crippen molar-refractivity contribution in [3.8, 4) is 0 Å². The number of ketones is 2. The number of hydrogen-bond acceptors (Lipinski definition) is 4. The molecular weight excluding hydrogens is 340 g/mol. The van der Waals surface area contributed by atoms with Gasteiger partial charge in [-0.15, -0.1) is 0 Å². The van der Waals surface area contributed by atoms with Gasteiger partial charge in [-0.2, -0.15) is 0 Å². The molecule has 0 bridgehead atoms. The van der Waals surface area contributed by atoms with E-state index in [-0.39, 0.29) is 22.5 Å². The van der Waals surface area contributed by atoms with E-state index in [0.29, 0.717) is 17.6 Å². The SMILES string of the molecule is CC1CC2C3CCC4=CC(=O)C=C[C@]4(C)C3C(=O)C[C@]2(C)C1.CC=O.CO. The fraction of sp³-hybridized carbons (Fsp3) is 0.696. The second kappa shape index (κ2) is 8.22. The smallest absolute Gasteiger partial charge is 0.178 e. The largest absolute Gasteiger partial charge is 0.400 e. The maximum Gasteiger partial charge on any atom is 0.178 e. The Hall–Kier alpha value is -1.55. The van der Waals surface area contributed by atoms with Crippen LogP contribution >= 0.6 is 0 Å². The van der Waals surface area contributed by atoms with E-state index >= 15 is 0 Å². The van der Waals surface area contributed by atoms with Gasteiger partial charge >= 0.3 is 0 Å². The molecule has 4 heteroatoms. The summed E-state index contributed by atoms with van der Waals surface area (Å²) in [5, 5.41) is 7.00. The standard InChI is InChI=1S/C20H26O2.C2H4O.CH4O/c1-12-8-16-15-5-4-13-9-14(21)6-7-20(13,3)18(15)17(22)11-19(16,2)10-12;1-2-3;1-2/h6-7,9,12,15-16,18H,4-5,8,10-11H2,1-3H3;2H,1H3;2H,1H3/t12?,15?,16?,18?,19-,20-;;/m0../s1. The third-order valence-corrected chi connectivity index (χ3v) is 7.23. The highest BCUT2D eigenvalue weighted by atomic mass is 16.2. The van der Waals surface area contributed by atoms with Crippen molar-refractivity contribution in [2.75, 3.05) is 7.11 Å². The molecule has 0 aromatic carbocycles. The number of aliphatic hydroxyl groups excluding tert-OH is 1. The third-order valence-electron chi connectivity index (χ3n) is 7.23. The summed E-state index contributed by atoms with van der Waals surface area (Å²) in [5.74, 6) is 2.58. The highest BCUT2D eigenvalue weighted by Gasteiger charge is 2.59. The van der Waals surface area contributed by atoms with Crippen LogP contribution in [-0.4, -0.2) is 30.1 Å². The van der Waals surface area contributed by atoms with Gasteiger partial charge in [-0.3, -0.25) is 9.59 Å². The van der Waals surface area contributed by atoms with E-state index < -0.39 is 0 Å². The van der Waals surface area contributed by atoms with Crippen molar-refractivity contribution in [3.63, 3.8) is 0 Å². The summed E-state index contributed by atoms with van der Waals surface area (Å²) in [6.45, 7) is 8.33. The molecule has 4 unspecified atom stereocenters. The van der Waals surface area contributed by atoms with Gasteiger partial charge < -0.3 is 9.90 Å². The molecule has 6 atom stereocenters. The maximum atomic E-state index is 13.1. The van der Waals surface area contributed by atoms with Gasteiger partial charge in [0.2, 0.25) is 0 Å². The van der Waals surface area contributed by atoms with Gasteiger partial charge in [0.25, 0.3) is 0 Å². The van der Waals surface area contributed by atoms with E-state index in [1.165, 1.54) is 25.3 Å². The van der Waals surface area contributed by atoms with Crippen molar-refractivity contribution < 1.29 is 19.5 Å². The normalized spacial score (nSPS) is 41.6. The summed E-state index contributed by atoms with van der Waals surface area (Å²) in [5.41, 5.74) is 1.22. The number of aldehydes is 1. The first kappa shape index (κ1) is 21.7. The summed E-state index contributed by atoms with van der Waals surface area (Å²) in [6.07, 6.45) is 11.6. The number of hydrogen-bond donors (Lipinski definition) is 1. The lowest BCUT2D eigenvalue weighted by Crippen LogP contribution is -2.52. The van der Waals surface area contributed by atoms with E-state index in [1.807, 2.05) is 6.08 Å². The summed E-state index contributed by atoms with van der Waals surface area (Å²) in [7, 11) is 1.00. The van der Waals surface area contributed by atoms with Crippen LogP contribution in [-0.2, 0) is 14.4 Å². The lowest BCUT2D eigenvalue weighted by atomic mass is 9.48. The van der Waals surface area contributed by atoms with Gasteiger partial charge in [0.1, 0.15) is 12.1 Å². The highest BCUT2D eigenvalue weighted by molar-refractivity contribution is 6.01. The fourth-order valence-corrected chi connectivity index (χ4v) is 6.47. The molecule has 0 aliphatic heterocycles. The lowest BCUT2D eigenvalue weighted by molar-refractivity contribution is -0.140. The number of carbonyl (C=O) groups excluding carboxylic acids is 3. The molecule has 0 aromatic rings. The van der Waals surface area contributed by atoms with Crippen LogP contribution in [0.3, 0.4) is 0 Å². The molecule has 0 spiro atoms. The Morgan fingerprint density at radius 2 is 1.85 bits per heavy atom. The first-order valence-corrected chi connectivity index (χ1v) is 10.1. The van der Waals surface area contributed by atoms with Crippen LogP contribution in [0, 0.1) is 34.5 Å². The molecule has 0 radical (unpaired) electrons. The minimum absolute atomic E-state index is 0.0912. The van der Waals surface area contributed by atoms with Gasteiger partial charge in [0, 0.05) is 24.9 Å². The predicted octanol–water partition coefficient (Wildman–Crippen LogP) is 3.92. The Labute approximate surface area is 163 Å². The van der Waals surface area contributed by atoms with Crippen LogP contribution in [0.1, 0.15) is 59.8 Å². The molecule has 4 aliphatic rings. The topological polar surface area (TPSA) is 71.4 Å². The number of rotatable bonds is 0. The van der Waals surface area contributed by atoms with Crippen LogP contribution in [0.25, 0.3) is 0 Å². The molecule has 0 heterocycles. The zero-order valence-electron chi connectivity index (χ0n) is 17.3. The molecule has 4 nitrogen and oxygen atoms in total. The van der Waals surface area contributed by atoms with Crippen molar-refractivity contribution in [1.29, 1.82) is 0 Å². The quantitative estimate of drug-likeness (QED) is 0.652. The summed E-state index contributed by atoms with van der Waals surface area (Å²) in [4.78, 5) is 33.6. The molecule has 4 aliphatic carbocycles. The second-order valence-corrected chi connectivity index (χ2v) is 9.05. The molecule has 3 saturated carbocycles. The summed E-state index contributed by atoms with van der Waals surface area (Å²) in [6, 6.07) is 0. The number of carbonyl (C=O) groups is 3. The number of aliphatic hydroxyl groups is 1. The summed E-state index contributed by atoms with van der Waals surface area (Å²) >= 11 is 0. The van der Waals surface area contributed by atoms with Crippen LogP contribution in [0.15, 0.2) is 23.8 Å². The van der Waals surface area contributed by atoms with Crippen molar-refractivity contribution in [1.82, 2.24) is 0 Å². The van der Waals surface area contributed by atoms with E-state index in [4.69, 9.17) is 9.90 Å². The van der Waals surface area contributed by atoms with Gasteiger partial charge in [0.15, 0.2) is 5.78 Å². The average Bonchev–Trinajstić information content (AvgIpc) is 2.91. The number of allylic oxidation sites excluding steroid dienone is 4. The summed E-state index contributed by atoms with van der Waals surface area (Å²) < 4.78 is 0. The second-order valence-electron chi connectivity index (χ2n) is 9.05. The van der Waals surface area contributed by atoms with E-state index in [1.54, 1.807) is 12.2 Å². The van der Waals surface area contributed by atoms with E-state index in [2.05, 4.69) is 20.8 Å². The molecule has 3 fully saturated rings. The van der Waals surface area contributed by atoms with Crippen LogP contribution in [0.4, 0.5) is 0 Å². The third kappa shape index (κ3) is 3.73. The number of Topliss-reactive ketones (excluding diaryl/α,β-unsaturated/α-hetero) is 1.